The van der Waals surface area contributed by atoms with Gasteiger partial charge >= 0.3 is 6.03 Å². The van der Waals surface area contributed by atoms with Crippen LogP contribution in [0.4, 0.5) is 16.2 Å². The minimum absolute atomic E-state index is 0.0928. The zero-order valence-corrected chi connectivity index (χ0v) is 18.8. The van der Waals surface area contributed by atoms with Crippen LogP contribution in [0.2, 0.25) is 5.02 Å². The average molecular weight is 452 g/mol. The molecule has 2 aromatic carbocycles. The van der Waals surface area contributed by atoms with E-state index in [4.69, 9.17) is 16.1 Å². The summed E-state index contributed by atoms with van der Waals surface area (Å²) in [4.78, 5) is 21.4. The summed E-state index contributed by atoms with van der Waals surface area (Å²) in [7, 11) is 0. The first-order valence-corrected chi connectivity index (χ1v) is 11.5. The highest BCUT2D eigenvalue weighted by molar-refractivity contribution is 6.31. The van der Waals surface area contributed by atoms with Gasteiger partial charge in [0.05, 0.1) is 0 Å². The molecular weight excluding hydrogens is 426 g/mol. The van der Waals surface area contributed by atoms with E-state index in [1.165, 1.54) is 6.42 Å². The van der Waals surface area contributed by atoms with Crippen molar-refractivity contribution in [3.63, 3.8) is 0 Å². The second-order valence-corrected chi connectivity index (χ2v) is 8.93. The fourth-order valence-electron chi connectivity index (χ4n) is 4.09. The van der Waals surface area contributed by atoms with Crippen LogP contribution in [-0.4, -0.2) is 47.3 Å². The van der Waals surface area contributed by atoms with Gasteiger partial charge in [-0.25, -0.2) is 4.79 Å². The fraction of sp³-hybridized carbons (Fsp3) is 0.375. The molecule has 5 rings (SSSR count). The minimum atomic E-state index is -0.0928. The lowest BCUT2D eigenvalue weighted by Crippen LogP contribution is -2.50. The number of hydrogen-bond donors (Lipinski definition) is 1. The van der Waals surface area contributed by atoms with Gasteiger partial charge < -0.3 is 19.6 Å². The van der Waals surface area contributed by atoms with Crippen LogP contribution < -0.4 is 10.2 Å². The fourth-order valence-corrected chi connectivity index (χ4v) is 4.26. The number of aromatic nitrogens is 2. The zero-order chi connectivity index (χ0) is 22.1. The molecule has 1 aliphatic heterocycles. The molecule has 1 saturated heterocycles. The molecule has 1 aromatic heterocycles. The Labute approximate surface area is 192 Å². The molecule has 7 nitrogen and oxygen atoms in total. The van der Waals surface area contributed by atoms with Crippen LogP contribution in [0.3, 0.4) is 0 Å². The van der Waals surface area contributed by atoms with E-state index in [0.717, 1.165) is 54.3 Å². The first-order chi connectivity index (χ1) is 15.6. The second kappa shape index (κ2) is 8.82. The summed E-state index contributed by atoms with van der Waals surface area (Å²) in [5, 5.41) is 7.74. The van der Waals surface area contributed by atoms with Gasteiger partial charge in [-0.2, -0.15) is 4.98 Å². The number of rotatable bonds is 4. The van der Waals surface area contributed by atoms with Crippen LogP contribution in [0.5, 0.6) is 0 Å². The van der Waals surface area contributed by atoms with Gasteiger partial charge in [-0.1, -0.05) is 29.2 Å². The number of nitrogens with one attached hydrogen (secondary N) is 1. The monoisotopic (exact) mass is 451 g/mol. The number of nitrogens with zero attached hydrogens (tertiary/aromatic N) is 4. The second-order valence-electron chi connectivity index (χ2n) is 8.49. The van der Waals surface area contributed by atoms with Crippen molar-refractivity contribution < 1.29 is 9.32 Å². The Balaban J connectivity index is 1.17. The van der Waals surface area contributed by atoms with E-state index in [1.807, 2.05) is 36.1 Å². The van der Waals surface area contributed by atoms with Gasteiger partial charge in [0.25, 0.3) is 0 Å². The van der Waals surface area contributed by atoms with Crippen molar-refractivity contribution in [3.8, 4) is 11.4 Å². The van der Waals surface area contributed by atoms with E-state index >= 15 is 0 Å². The third-order valence-electron chi connectivity index (χ3n) is 6.39. The summed E-state index contributed by atoms with van der Waals surface area (Å²) in [6.07, 6.45) is 3.53. The van der Waals surface area contributed by atoms with Crippen LogP contribution in [0.1, 0.15) is 36.6 Å². The number of hydrogen-bond acceptors (Lipinski definition) is 5. The molecular formula is C24H26ClN5O2. The summed E-state index contributed by atoms with van der Waals surface area (Å²) in [6, 6.07) is 13.7. The van der Waals surface area contributed by atoms with Gasteiger partial charge in [0, 0.05) is 54.1 Å². The predicted octanol–water partition coefficient (Wildman–Crippen LogP) is 5.32. The molecule has 1 aliphatic carbocycles. The number of carbonyl (C=O) groups excluding carboxylic acids is 1. The molecule has 0 bridgehead atoms. The molecule has 0 atom stereocenters. The standard InChI is InChI=1S/C24H26ClN5O2/c1-16-5-8-19(25)15-21(16)26-24(31)30-13-11-29(12-14-30)20-9-6-17(7-10-20)22-27-23(32-28-22)18-3-2-4-18/h5-10,15,18H,2-4,11-14H2,1H3,(H,26,31). The first-order valence-electron chi connectivity index (χ1n) is 11.1. The summed E-state index contributed by atoms with van der Waals surface area (Å²) < 4.78 is 5.44. The number of anilines is 2. The number of carbonyl (C=O) groups is 1. The van der Waals surface area contributed by atoms with Crippen molar-refractivity contribution in [2.75, 3.05) is 36.4 Å². The van der Waals surface area contributed by atoms with E-state index in [1.54, 1.807) is 6.07 Å². The van der Waals surface area contributed by atoms with Crippen LogP contribution >= 0.6 is 11.6 Å². The number of amides is 2. The molecule has 3 aromatic rings. The lowest BCUT2D eigenvalue weighted by molar-refractivity contribution is 0.208. The lowest BCUT2D eigenvalue weighted by atomic mass is 9.85. The molecule has 32 heavy (non-hydrogen) atoms. The lowest BCUT2D eigenvalue weighted by Gasteiger charge is -2.36. The molecule has 166 valence electrons. The maximum Gasteiger partial charge on any atom is 0.321 e. The molecule has 2 heterocycles. The largest absolute Gasteiger partial charge is 0.368 e. The Morgan fingerprint density at radius 2 is 1.84 bits per heavy atom. The predicted molar refractivity (Wildman–Crippen MR) is 125 cm³/mol. The Morgan fingerprint density at radius 3 is 2.53 bits per heavy atom. The van der Waals surface area contributed by atoms with Crippen molar-refractivity contribution in [1.82, 2.24) is 15.0 Å². The maximum atomic E-state index is 12.7. The number of piperazine rings is 1. The van der Waals surface area contributed by atoms with Crippen molar-refractivity contribution in [2.24, 2.45) is 0 Å². The minimum Gasteiger partial charge on any atom is -0.368 e. The van der Waals surface area contributed by atoms with Crippen molar-refractivity contribution >= 4 is 29.0 Å². The molecule has 0 unspecified atom stereocenters. The quantitative estimate of drug-likeness (QED) is 0.581. The summed E-state index contributed by atoms with van der Waals surface area (Å²) in [5.41, 5.74) is 3.82. The molecule has 1 N–H and O–H groups in total. The molecule has 1 saturated carbocycles. The first kappa shape index (κ1) is 20.8. The van der Waals surface area contributed by atoms with E-state index in [9.17, 15) is 4.79 Å². The van der Waals surface area contributed by atoms with Gasteiger partial charge in [-0.15, -0.1) is 0 Å². The van der Waals surface area contributed by atoms with Crippen molar-refractivity contribution in [1.29, 1.82) is 0 Å². The Hall–Kier alpha value is -3.06. The molecule has 2 aliphatic rings. The van der Waals surface area contributed by atoms with Gasteiger partial charge in [0.2, 0.25) is 11.7 Å². The number of aryl methyl sites for hydroxylation is 1. The maximum absolute atomic E-state index is 12.7. The highest BCUT2D eigenvalue weighted by atomic mass is 35.5. The molecule has 2 fully saturated rings. The highest BCUT2D eigenvalue weighted by Gasteiger charge is 2.26. The van der Waals surface area contributed by atoms with Crippen LogP contribution in [0.15, 0.2) is 47.0 Å². The number of halogens is 1. The van der Waals surface area contributed by atoms with Gasteiger partial charge in [0.15, 0.2) is 0 Å². The van der Waals surface area contributed by atoms with Crippen LogP contribution in [-0.2, 0) is 0 Å². The van der Waals surface area contributed by atoms with E-state index in [2.05, 4.69) is 32.5 Å². The molecule has 0 radical (unpaired) electrons. The van der Waals surface area contributed by atoms with Gasteiger partial charge in [-0.05, 0) is 61.7 Å². The average Bonchev–Trinajstić information content (AvgIpc) is 3.25. The normalized spacial score (nSPS) is 16.7. The summed E-state index contributed by atoms with van der Waals surface area (Å²) in [6.45, 7) is 4.81. The third kappa shape index (κ3) is 4.30. The van der Waals surface area contributed by atoms with Crippen molar-refractivity contribution in [3.05, 3.63) is 58.9 Å². The Bertz CT molecular complexity index is 1100. The molecule has 8 heteroatoms. The third-order valence-corrected chi connectivity index (χ3v) is 6.63. The van der Waals surface area contributed by atoms with E-state index in [0.29, 0.717) is 29.9 Å². The van der Waals surface area contributed by atoms with Gasteiger partial charge in [-0.3, -0.25) is 0 Å². The number of benzene rings is 2. The van der Waals surface area contributed by atoms with Gasteiger partial charge in [0.1, 0.15) is 0 Å². The van der Waals surface area contributed by atoms with Crippen molar-refractivity contribution in [2.45, 2.75) is 32.1 Å². The van der Waals surface area contributed by atoms with E-state index in [-0.39, 0.29) is 6.03 Å². The zero-order valence-electron chi connectivity index (χ0n) is 18.1. The summed E-state index contributed by atoms with van der Waals surface area (Å²) in [5.74, 6) is 1.85. The molecule has 2 amide bonds. The Kier molecular flexibility index (Phi) is 5.74. The topological polar surface area (TPSA) is 74.5 Å². The highest BCUT2D eigenvalue weighted by Crippen LogP contribution is 2.36. The van der Waals surface area contributed by atoms with Crippen LogP contribution in [0.25, 0.3) is 11.4 Å². The number of urea groups is 1. The van der Waals surface area contributed by atoms with Crippen LogP contribution in [0, 0.1) is 6.92 Å². The van der Waals surface area contributed by atoms with E-state index < -0.39 is 0 Å². The smallest absolute Gasteiger partial charge is 0.321 e. The molecule has 0 spiro atoms. The Morgan fingerprint density at radius 1 is 1.09 bits per heavy atom. The SMILES string of the molecule is Cc1ccc(Cl)cc1NC(=O)N1CCN(c2ccc(-c3noc(C4CCC4)n3)cc2)CC1. The summed E-state index contributed by atoms with van der Waals surface area (Å²) >= 11 is 6.06.